The average Bonchev–Trinajstić information content (AvgIpc) is 2.38. The lowest BCUT2D eigenvalue weighted by molar-refractivity contribution is -0.0191. The van der Waals surface area contributed by atoms with Crippen LogP contribution in [-0.2, 0) is 4.74 Å². The molecule has 88 valence electrons. The number of nitrogens with zero attached hydrogens (tertiary/aromatic N) is 2. The monoisotopic (exact) mass is 221 g/mol. The van der Waals surface area contributed by atoms with Crippen molar-refractivity contribution >= 4 is 5.69 Å². The first kappa shape index (κ1) is 11.4. The SMILES string of the molecule is CCN1CCOC(CNc2ccncc2)C1. The second kappa shape index (κ2) is 5.82. The minimum Gasteiger partial charge on any atom is -0.382 e. The Morgan fingerprint density at radius 3 is 3.06 bits per heavy atom. The minimum atomic E-state index is 0.293. The van der Waals surface area contributed by atoms with E-state index in [0.29, 0.717) is 6.10 Å². The van der Waals surface area contributed by atoms with Crippen molar-refractivity contribution in [2.24, 2.45) is 0 Å². The number of rotatable bonds is 4. The standard InChI is InChI=1S/C12H19N3O/c1-2-15-7-8-16-12(10-15)9-14-11-3-5-13-6-4-11/h3-6,12H,2,7-10H2,1H3,(H,13,14). The molecule has 1 aliphatic rings. The number of morpholine rings is 1. The van der Waals surface area contributed by atoms with Crippen LogP contribution in [0.4, 0.5) is 5.69 Å². The molecule has 2 heterocycles. The zero-order valence-corrected chi connectivity index (χ0v) is 9.72. The van der Waals surface area contributed by atoms with Crippen LogP contribution >= 0.6 is 0 Å². The van der Waals surface area contributed by atoms with Gasteiger partial charge in [0.25, 0.3) is 0 Å². The summed E-state index contributed by atoms with van der Waals surface area (Å²) in [5.74, 6) is 0. The van der Waals surface area contributed by atoms with Gasteiger partial charge in [-0.05, 0) is 18.7 Å². The van der Waals surface area contributed by atoms with Gasteiger partial charge in [0.15, 0.2) is 0 Å². The van der Waals surface area contributed by atoms with Crippen molar-refractivity contribution in [3.63, 3.8) is 0 Å². The maximum Gasteiger partial charge on any atom is 0.0874 e. The van der Waals surface area contributed by atoms with Crippen LogP contribution in [0.3, 0.4) is 0 Å². The maximum absolute atomic E-state index is 5.71. The van der Waals surface area contributed by atoms with Gasteiger partial charge in [0.2, 0.25) is 0 Å². The van der Waals surface area contributed by atoms with Crippen LogP contribution in [0.2, 0.25) is 0 Å². The number of nitrogens with one attached hydrogen (secondary N) is 1. The number of hydrogen-bond donors (Lipinski definition) is 1. The molecule has 0 aromatic carbocycles. The second-order valence-electron chi connectivity index (χ2n) is 4.00. The van der Waals surface area contributed by atoms with E-state index >= 15 is 0 Å². The highest BCUT2D eigenvalue weighted by Crippen LogP contribution is 2.08. The molecule has 0 saturated carbocycles. The van der Waals surface area contributed by atoms with Gasteiger partial charge in [-0.25, -0.2) is 0 Å². The number of pyridine rings is 1. The van der Waals surface area contributed by atoms with Gasteiger partial charge in [-0.1, -0.05) is 6.92 Å². The Kier molecular flexibility index (Phi) is 4.13. The molecule has 1 fully saturated rings. The molecule has 0 aliphatic carbocycles. The van der Waals surface area contributed by atoms with Crippen LogP contribution in [-0.4, -0.2) is 48.8 Å². The first-order valence-electron chi connectivity index (χ1n) is 5.86. The van der Waals surface area contributed by atoms with Gasteiger partial charge in [0.05, 0.1) is 12.7 Å². The molecule has 1 aromatic rings. The van der Waals surface area contributed by atoms with Crippen molar-refractivity contribution in [3.05, 3.63) is 24.5 Å². The smallest absolute Gasteiger partial charge is 0.0874 e. The molecule has 1 aromatic heterocycles. The van der Waals surface area contributed by atoms with E-state index in [1.807, 2.05) is 12.1 Å². The Morgan fingerprint density at radius 2 is 2.31 bits per heavy atom. The fourth-order valence-corrected chi connectivity index (χ4v) is 1.89. The molecule has 1 saturated heterocycles. The van der Waals surface area contributed by atoms with E-state index in [1.54, 1.807) is 12.4 Å². The van der Waals surface area contributed by atoms with E-state index in [0.717, 1.165) is 38.5 Å². The van der Waals surface area contributed by atoms with Crippen molar-refractivity contribution in [2.45, 2.75) is 13.0 Å². The van der Waals surface area contributed by atoms with Crippen molar-refractivity contribution in [3.8, 4) is 0 Å². The van der Waals surface area contributed by atoms with E-state index in [-0.39, 0.29) is 0 Å². The molecule has 0 amide bonds. The van der Waals surface area contributed by atoms with Crippen molar-refractivity contribution in [1.29, 1.82) is 0 Å². The van der Waals surface area contributed by atoms with E-state index in [1.165, 1.54) is 0 Å². The predicted molar refractivity (Wildman–Crippen MR) is 64.6 cm³/mol. The Hall–Kier alpha value is -1.13. The third-order valence-electron chi connectivity index (χ3n) is 2.88. The molecule has 4 heteroatoms. The summed E-state index contributed by atoms with van der Waals surface area (Å²) in [6, 6.07) is 3.95. The van der Waals surface area contributed by atoms with Crippen LogP contribution in [0.5, 0.6) is 0 Å². The maximum atomic E-state index is 5.71. The molecule has 2 rings (SSSR count). The Morgan fingerprint density at radius 1 is 1.50 bits per heavy atom. The van der Waals surface area contributed by atoms with Gasteiger partial charge in [0.1, 0.15) is 0 Å². The first-order valence-corrected chi connectivity index (χ1v) is 5.86. The largest absolute Gasteiger partial charge is 0.382 e. The number of ether oxygens (including phenoxy) is 1. The molecular formula is C12H19N3O. The van der Waals surface area contributed by atoms with Crippen LogP contribution in [0.15, 0.2) is 24.5 Å². The van der Waals surface area contributed by atoms with Gasteiger partial charge in [-0.2, -0.15) is 0 Å². The lowest BCUT2D eigenvalue weighted by Gasteiger charge is -2.32. The Labute approximate surface area is 96.6 Å². The van der Waals surface area contributed by atoms with Gasteiger partial charge < -0.3 is 10.1 Å². The Bertz CT molecular complexity index is 304. The third-order valence-corrected chi connectivity index (χ3v) is 2.88. The number of aromatic nitrogens is 1. The lowest BCUT2D eigenvalue weighted by atomic mass is 10.2. The summed E-state index contributed by atoms with van der Waals surface area (Å²) in [6.45, 7) is 7.08. The zero-order chi connectivity index (χ0) is 11.2. The van der Waals surface area contributed by atoms with Gasteiger partial charge in [0, 0.05) is 37.7 Å². The molecule has 0 bridgehead atoms. The average molecular weight is 221 g/mol. The van der Waals surface area contributed by atoms with Crippen LogP contribution in [0, 0.1) is 0 Å². The summed E-state index contributed by atoms with van der Waals surface area (Å²) in [6.07, 6.45) is 3.88. The van der Waals surface area contributed by atoms with Crippen LogP contribution in [0.25, 0.3) is 0 Å². The van der Waals surface area contributed by atoms with E-state index < -0.39 is 0 Å². The summed E-state index contributed by atoms with van der Waals surface area (Å²) in [5.41, 5.74) is 1.10. The van der Waals surface area contributed by atoms with Gasteiger partial charge >= 0.3 is 0 Å². The highest BCUT2D eigenvalue weighted by Gasteiger charge is 2.18. The summed E-state index contributed by atoms with van der Waals surface area (Å²) in [5, 5.41) is 3.37. The Balaban J connectivity index is 1.77. The quantitative estimate of drug-likeness (QED) is 0.829. The molecule has 4 nitrogen and oxygen atoms in total. The van der Waals surface area contributed by atoms with Crippen molar-refractivity contribution < 1.29 is 4.74 Å². The second-order valence-corrected chi connectivity index (χ2v) is 4.00. The van der Waals surface area contributed by atoms with E-state index in [2.05, 4.69) is 22.1 Å². The fourth-order valence-electron chi connectivity index (χ4n) is 1.89. The molecule has 1 aliphatic heterocycles. The summed E-state index contributed by atoms with van der Waals surface area (Å²) >= 11 is 0. The molecule has 0 spiro atoms. The molecular weight excluding hydrogens is 202 g/mol. The van der Waals surface area contributed by atoms with E-state index in [4.69, 9.17) is 4.74 Å². The summed E-state index contributed by atoms with van der Waals surface area (Å²) in [4.78, 5) is 6.41. The highest BCUT2D eigenvalue weighted by atomic mass is 16.5. The molecule has 1 unspecified atom stereocenters. The lowest BCUT2D eigenvalue weighted by Crippen LogP contribution is -2.45. The predicted octanol–water partition coefficient (Wildman–Crippen LogP) is 1.21. The number of hydrogen-bond acceptors (Lipinski definition) is 4. The molecule has 1 N–H and O–H groups in total. The molecule has 1 atom stereocenters. The summed E-state index contributed by atoms with van der Waals surface area (Å²) in [7, 11) is 0. The highest BCUT2D eigenvalue weighted by molar-refractivity contribution is 5.40. The van der Waals surface area contributed by atoms with Gasteiger partial charge in [-0.15, -0.1) is 0 Å². The number of anilines is 1. The summed E-state index contributed by atoms with van der Waals surface area (Å²) < 4.78 is 5.71. The van der Waals surface area contributed by atoms with Crippen molar-refractivity contribution in [1.82, 2.24) is 9.88 Å². The zero-order valence-electron chi connectivity index (χ0n) is 9.72. The van der Waals surface area contributed by atoms with Crippen molar-refractivity contribution in [2.75, 3.05) is 38.1 Å². The van der Waals surface area contributed by atoms with Crippen LogP contribution in [0.1, 0.15) is 6.92 Å². The first-order chi connectivity index (χ1) is 7.88. The number of likely N-dealkylation sites (N-methyl/N-ethyl adjacent to an activating group) is 1. The normalized spacial score (nSPS) is 21.9. The van der Waals surface area contributed by atoms with E-state index in [9.17, 15) is 0 Å². The topological polar surface area (TPSA) is 37.4 Å². The third kappa shape index (κ3) is 3.18. The molecule has 16 heavy (non-hydrogen) atoms. The minimum absolute atomic E-state index is 0.293. The fraction of sp³-hybridized carbons (Fsp3) is 0.583. The molecule has 0 radical (unpaired) electrons. The van der Waals surface area contributed by atoms with Crippen LogP contribution < -0.4 is 5.32 Å². The van der Waals surface area contributed by atoms with Gasteiger partial charge in [-0.3, -0.25) is 9.88 Å².